The van der Waals surface area contributed by atoms with E-state index in [1.54, 1.807) is 0 Å². The molecule has 0 atom stereocenters. The Bertz CT molecular complexity index is 814. The van der Waals surface area contributed by atoms with Gasteiger partial charge >= 0.3 is 163 Å². The van der Waals surface area contributed by atoms with Gasteiger partial charge in [-0.15, -0.1) is 0 Å². The molecule has 4 aromatic rings. The van der Waals surface area contributed by atoms with Gasteiger partial charge in [-0.2, -0.15) is 0 Å². The third-order valence-electron chi connectivity index (χ3n) is 4.90. The molecule has 0 spiro atoms. The third-order valence-corrected chi connectivity index (χ3v) is 12.9. The van der Waals surface area contributed by atoms with Crippen LogP contribution in [-0.4, -0.2) is 0 Å². The van der Waals surface area contributed by atoms with Crippen LogP contribution in [0.1, 0.15) is 0 Å². The Balaban J connectivity index is 2.23. The summed E-state index contributed by atoms with van der Waals surface area (Å²) in [5.41, 5.74) is 0. The normalized spacial score (nSPS) is 12.9. The van der Waals surface area contributed by atoms with Crippen molar-refractivity contribution in [2.75, 3.05) is 0 Å². The molecule has 0 saturated heterocycles. The van der Waals surface area contributed by atoms with Crippen molar-refractivity contribution in [3.05, 3.63) is 121 Å². The molecule has 0 amide bonds. The van der Waals surface area contributed by atoms with E-state index >= 15 is 0 Å². The van der Waals surface area contributed by atoms with Gasteiger partial charge in [-0.1, -0.05) is 0 Å². The molecular weight excluding hydrogens is 378 g/mol. The summed E-state index contributed by atoms with van der Waals surface area (Å²) in [6, 6.07) is 42.7. The van der Waals surface area contributed by atoms with E-state index < -0.39 is 5.38 Å². The van der Waals surface area contributed by atoms with Gasteiger partial charge in [-0.3, -0.25) is 0 Å². The number of benzene rings is 4. The van der Waals surface area contributed by atoms with Crippen LogP contribution in [0.25, 0.3) is 0 Å². The van der Waals surface area contributed by atoms with Crippen molar-refractivity contribution in [3.8, 4) is 0 Å². The van der Waals surface area contributed by atoms with Crippen LogP contribution in [-0.2, 0) is 15.0 Å². The first-order valence-corrected chi connectivity index (χ1v) is 12.1. The van der Waals surface area contributed by atoms with Crippen LogP contribution in [0.4, 0.5) is 0 Å². The van der Waals surface area contributed by atoms with Gasteiger partial charge in [0.2, 0.25) is 0 Å². The maximum atomic E-state index is 6.43. The summed E-state index contributed by atoms with van der Waals surface area (Å²) in [6.07, 6.45) is 0. The number of hydrogen-bond donors (Lipinski definition) is 0. The van der Waals surface area contributed by atoms with Crippen molar-refractivity contribution in [2.24, 2.45) is 0 Å². The van der Waals surface area contributed by atoms with E-state index in [4.69, 9.17) is 15.0 Å². The van der Waals surface area contributed by atoms with E-state index in [-0.39, 0.29) is 0 Å². The molecule has 0 radical (unpaired) electrons. The molecule has 0 unspecified atom stereocenters. The first-order chi connectivity index (χ1) is 12.7. The fourth-order valence-corrected chi connectivity index (χ4v) is 10.1. The van der Waals surface area contributed by atoms with Crippen molar-refractivity contribution < 1.29 is 15.0 Å². The predicted octanol–water partition coefficient (Wildman–Crippen LogP) is 4.30. The maximum absolute atomic E-state index is 6.43. The van der Waals surface area contributed by atoms with Crippen LogP contribution in [0.5, 0.6) is 0 Å². The molecule has 0 aliphatic carbocycles. The Kier molecular flexibility index (Phi) is 4.53. The summed E-state index contributed by atoms with van der Waals surface area (Å²) < 4.78 is 0. The summed E-state index contributed by atoms with van der Waals surface area (Å²) in [4.78, 5) is 0. The molecule has 0 nitrogen and oxygen atoms in total. The Morgan fingerprint density at radius 2 is 0.538 bits per heavy atom. The number of hydrogen-bond acceptors (Lipinski definition) is 0. The zero-order valence-electron chi connectivity index (χ0n) is 14.3. The first-order valence-electron chi connectivity index (χ1n) is 8.68. The molecule has 0 bridgehead atoms. The zero-order valence-corrected chi connectivity index (χ0v) is 16.2. The van der Waals surface area contributed by atoms with E-state index in [0.717, 1.165) is 0 Å². The van der Waals surface area contributed by atoms with Crippen molar-refractivity contribution in [1.29, 1.82) is 0 Å². The second-order valence-electron chi connectivity index (χ2n) is 6.30. The Morgan fingerprint density at radius 1 is 0.346 bits per heavy atom. The van der Waals surface area contributed by atoms with Gasteiger partial charge in [0, 0.05) is 0 Å². The Hall–Kier alpha value is -2.20. The van der Waals surface area contributed by atoms with Gasteiger partial charge in [0.05, 0.1) is 0 Å². The van der Waals surface area contributed by atoms with E-state index in [2.05, 4.69) is 121 Å². The monoisotopic (exact) mass is 397 g/mol. The summed E-state index contributed by atoms with van der Waals surface area (Å²) in [5, 5.41) is 1.71. The van der Waals surface area contributed by atoms with Crippen LogP contribution in [0.3, 0.4) is 0 Å². The molecule has 0 fully saturated rings. The van der Waals surface area contributed by atoms with Gasteiger partial charge in [0.15, 0.2) is 0 Å². The van der Waals surface area contributed by atoms with Crippen LogP contribution in [0.15, 0.2) is 121 Å². The quantitative estimate of drug-likeness (QED) is 0.355. The second kappa shape index (κ2) is 6.84. The van der Waals surface area contributed by atoms with E-state index in [1.807, 2.05) is 0 Å². The van der Waals surface area contributed by atoms with Crippen LogP contribution in [0.2, 0.25) is 0 Å². The molecule has 0 aromatic heterocycles. The minimum absolute atomic E-state index is 1.22. The average Bonchev–Trinajstić information content (AvgIpc) is 2.76. The summed E-state index contributed by atoms with van der Waals surface area (Å²) in [6.45, 7) is 0. The second-order valence-corrected chi connectivity index (χ2v) is 12.9. The molecule has 2 heteroatoms. The van der Waals surface area contributed by atoms with Gasteiger partial charge in [-0.05, 0) is 0 Å². The summed E-state index contributed by atoms with van der Waals surface area (Å²) >= 11 is 6.43. The zero-order chi connectivity index (χ0) is 17.9. The average molecular weight is 398 g/mol. The number of rotatable bonds is 4. The fraction of sp³-hybridized carbons (Fsp3) is 0. The predicted molar refractivity (Wildman–Crippen MR) is 111 cm³/mol. The molecule has 0 saturated carbocycles. The standard InChI is InChI=1S/C24H20P.Ni/c1-5-13-21(14-6-1)25(22-15-7-2-8-16-22,23-17-9-3-10-18-23)24-19-11-4-12-20-24;/h1-20H;/q+1;-1. The van der Waals surface area contributed by atoms with Gasteiger partial charge in [0.25, 0.3) is 0 Å². The van der Waals surface area contributed by atoms with Crippen molar-refractivity contribution in [1.82, 2.24) is 0 Å². The van der Waals surface area contributed by atoms with E-state index in [0.29, 0.717) is 0 Å². The van der Waals surface area contributed by atoms with Gasteiger partial charge in [-0.25, -0.2) is 0 Å². The molecular formula is C24H20NiP. The van der Waals surface area contributed by atoms with Crippen LogP contribution >= 0.6 is 5.38 Å². The van der Waals surface area contributed by atoms with Gasteiger partial charge < -0.3 is 0 Å². The molecule has 131 valence electrons. The minimum atomic E-state index is -3.19. The molecule has 4 rings (SSSR count). The van der Waals surface area contributed by atoms with Crippen LogP contribution in [0, 0.1) is 0 Å². The topological polar surface area (TPSA) is 0 Å². The fourth-order valence-electron chi connectivity index (χ4n) is 3.69. The third kappa shape index (κ3) is 2.47. The molecule has 0 aliphatic heterocycles. The first kappa shape index (κ1) is 17.2. The Morgan fingerprint density at radius 3 is 0.731 bits per heavy atom. The molecule has 0 aliphatic rings. The van der Waals surface area contributed by atoms with Crippen molar-refractivity contribution >= 4 is 26.6 Å². The van der Waals surface area contributed by atoms with E-state index in [1.165, 1.54) is 21.2 Å². The molecule has 0 N–H and O–H groups in total. The van der Waals surface area contributed by atoms with Crippen molar-refractivity contribution in [3.63, 3.8) is 0 Å². The molecule has 0 heterocycles. The Labute approximate surface area is 162 Å². The molecule has 26 heavy (non-hydrogen) atoms. The van der Waals surface area contributed by atoms with E-state index in [9.17, 15) is 0 Å². The van der Waals surface area contributed by atoms with Gasteiger partial charge in [0.1, 0.15) is 0 Å². The summed E-state index contributed by atoms with van der Waals surface area (Å²) in [5.74, 6) is 0. The van der Waals surface area contributed by atoms with Crippen LogP contribution < -0.4 is 21.2 Å². The summed E-state index contributed by atoms with van der Waals surface area (Å²) in [7, 11) is 0. The molecule has 4 aromatic carbocycles. The van der Waals surface area contributed by atoms with Crippen molar-refractivity contribution in [2.45, 2.75) is 0 Å². The SMILES string of the molecule is [Ni][P](c1ccccc1)(c1ccccc1)(c1ccccc1)c1ccccc1.